The SMILES string of the molecule is COc1cc(C)cc2c1C=C1C(=O)CC[C@H](O)[C@@H]1O2. The van der Waals surface area contributed by atoms with Crippen LogP contribution in [-0.2, 0) is 4.79 Å². The van der Waals surface area contributed by atoms with E-state index in [1.54, 1.807) is 13.2 Å². The van der Waals surface area contributed by atoms with E-state index in [0.717, 1.165) is 11.1 Å². The smallest absolute Gasteiger partial charge is 0.162 e. The fourth-order valence-corrected chi connectivity index (χ4v) is 2.68. The Bertz CT molecular complexity index is 574. The van der Waals surface area contributed by atoms with Crippen molar-refractivity contribution >= 4 is 11.9 Å². The summed E-state index contributed by atoms with van der Waals surface area (Å²) in [5.41, 5.74) is 2.35. The number of hydrogen-bond donors (Lipinski definition) is 1. The molecule has 3 rings (SSSR count). The van der Waals surface area contributed by atoms with E-state index in [4.69, 9.17) is 9.47 Å². The Labute approximate surface area is 111 Å². The van der Waals surface area contributed by atoms with E-state index in [1.807, 2.05) is 19.1 Å². The fourth-order valence-electron chi connectivity index (χ4n) is 2.68. The van der Waals surface area contributed by atoms with Crippen LogP contribution in [0.15, 0.2) is 17.7 Å². The van der Waals surface area contributed by atoms with Crippen molar-refractivity contribution in [1.82, 2.24) is 0 Å². The van der Waals surface area contributed by atoms with Crippen molar-refractivity contribution < 1.29 is 19.4 Å². The second kappa shape index (κ2) is 4.38. The third-order valence-corrected chi connectivity index (χ3v) is 3.67. The van der Waals surface area contributed by atoms with E-state index in [9.17, 15) is 9.90 Å². The normalized spacial score (nSPS) is 25.0. The minimum absolute atomic E-state index is 0.0450. The molecule has 1 aromatic rings. The van der Waals surface area contributed by atoms with Crippen molar-refractivity contribution in [3.05, 3.63) is 28.8 Å². The average Bonchev–Trinajstić information content (AvgIpc) is 2.40. The third-order valence-electron chi connectivity index (χ3n) is 3.67. The summed E-state index contributed by atoms with van der Waals surface area (Å²) in [6.07, 6.45) is 1.46. The average molecular weight is 260 g/mol. The van der Waals surface area contributed by atoms with Gasteiger partial charge in [-0.25, -0.2) is 0 Å². The van der Waals surface area contributed by atoms with Crippen molar-refractivity contribution in [2.75, 3.05) is 7.11 Å². The molecule has 19 heavy (non-hydrogen) atoms. The van der Waals surface area contributed by atoms with Crippen LogP contribution in [0.3, 0.4) is 0 Å². The number of carbonyl (C=O) groups excluding carboxylic acids is 1. The first-order valence-electron chi connectivity index (χ1n) is 6.38. The maximum absolute atomic E-state index is 12.0. The molecule has 1 fully saturated rings. The molecule has 2 aliphatic rings. The molecule has 100 valence electrons. The molecule has 4 heteroatoms. The van der Waals surface area contributed by atoms with Crippen LogP contribution in [0.1, 0.15) is 24.0 Å². The molecule has 1 aromatic carbocycles. The van der Waals surface area contributed by atoms with E-state index < -0.39 is 12.2 Å². The predicted octanol–water partition coefficient (Wildman–Crippen LogP) is 1.87. The molecule has 0 bridgehead atoms. The zero-order chi connectivity index (χ0) is 13.6. The maximum Gasteiger partial charge on any atom is 0.162 e. The summed E-state index contributed by atoms with van der Waals surface area (Å²) >= 11 is 0. The van der Waals surface area contributed by atoms with Gasteiger partial charge < -0.3 is 14.6 Å². The minimum Gasteiger partial charge on any atom is -0.496 e. The Balaban J connectivity index is 2.14. The summed E-state index contributed by atoms with van der Waals surface area (Å²) in [6.45, 7) is 1.95. The van der Waals surface area contributed by atoms with Crippen molar-refractivity contribution in [3.63, 3.8) is 0 Å². The highest BCUT2D eigenvalue weighted by Crippen LogP contribution is 2.40. The topological polar surface area (TPSA) is 55.8 Å². The van der Waals surface area contributed by atoms with Gasteiger partial charge >= 0.3 is 0 Å². The Morgan fingerprint density at radius 1 is 1.42 bits per heavy atom. The van der Waals surface area contributed by atoms with E-state index in [0.29, 0.717) is 29.9 Å². The predicted molar refractivity (Wildman–Crippen MR) is 70.4 cm³/mol. The number of hydrogen-bond acceptors (Lipinski definition) is 4. The first-order chi connectivity index (χ1) is 9.10. The number of Topliss-reactive ketones (excluding diaryl/α,β-unsaturated/α-hetero) is 1. The summed E-state index contributed by atoms with van der Waals surface area (Å²) in [6, 6.07) is 3.81. The van der Waals surface area contributed by atoms with Crippen molar-refractivity contribution in [2.24, 2.45) is 0 Å². The first-order valence-corrected chi connectivity index (χ1v) is 6.38. The first kappa shape index (κ1) is 12.2. The zero-order valence-electron chi connectivity index (χ0n) is 11.0. The van der Waals surface area contributed by atoms with Crippen LogP contribution < -0.4 is 9.47 Å². The van der Waals surface area contributed by atoms with Gasteiger partial charge in [0, 0.05) is 12.0 Å². The Hall–Kier alpha value is -1.81. The Morgan fingerprint density at radius 2 is 2.21 bits per heavy atom. The van der Waals surface area contributed by atoms with E-state index >= 15 is 0 Å². The molecular formula is C15H16O4. The van der Waals surface area contributed by atoms with E-state index in [2.05, 4.69) is 0 Å². The minimum atomic E-state index is -0.622. The van der Waals surface area contributed by atoms with Crippen LogP contribution in [0.5, 0.6) is 11.5 Å². The number of benzene rings is 1. The second-order valence-electron chi connectivity index (χ2n) is 5.05. The quantitative estimate of drug-likeness (QED) is 0.837. The highest BCUT2D eigenvalue weighted by atomic mass is 16.5. The van der Waals surface area contributed by atoms with Gasteiger partial charge in [0.05, 0.1) is 18.8 Å². The Kier molecular flexibility index (Phi) is 2.82. The summed E-state index contributed by atoms with van der Waals surface area (Å²) in [7, 11) is 1.59. The van der Waals surface area contributed by atoms with Crippen molar-refractivity contribution in [2.45, 2.75) is 32.0 Å². The summed E-state index contributed by atoms with van der Waals surface area (Å²) in [5, 5.41) is 9.99. The standard InChI is InChI=1S/C15H16O4/c1-8-5-13(18-2)10-7-9-11(16)3-4-12(17)15(9)19-14(10)6-8/h5-7,12,15,17H,3-4H2,1-2H3/t12-,15+/m0/s1. The molecule has 0 saturated heterocycles. The Morgan fingerprint density at radius 3 is 2.95 bits per heavy atom. The number of aliphatic hydroxyl groups excluding tert-OH is 1. The van der Waals surface area contributed by atoms with Crippen LogP contribution in [0.4, 0.5) is 0 Å². The number of ketones is 1. The van der Waals surface area contributed by atoms with Gasteiger partial charge in [-0.3, -0.25) is 4.79 Å². The molecule has 0 radical (unpaired) electrons. The molecule has 0 unspecified atom stereocenters. The van der Waals surface area contributed by atoms with Gasteiger partial charge in [-0.1, -0.05) is 0 Å². The molecule has 1 saturated carbocycles. The number of fused-ring (bicyclic) bond motifs is 2. The lowest BCUT2D eigenvalue weighted by Crippen LogP contribution is -2.42. The van der Waals surface area contributed by atoms with Crippen molar-refractivity contribution in [3.8, 4) is 11.5 Å². The lowest BCUT2D eigenvalue weighted by atomic mass is 9.85. The number of rotatable bonds is 1. The molecule has 1 aliphatic carbocycles. The van der Waals surface area contributed by atoms with Crippen molar-refractivity contribution in [1.29, 1.82) is 0 Å². The molecular weight excluding hydrogens is 244 g/mol. The monoisotopic (exact) mass is 260 g/mol. The third kappa shape index (κ3) is 1.92. The summed E-state index contributed by atoms with van der Waals surface area (Å²) in [4.78, 5) is 12.0. The molecule has 1 aliphatic heterocycles. The van der Waals surface area contributed by atoms with Gasteiger partial charge in [-0.15, -0.1) is 0 Å². The zero-order valence-corrected chi connectivity index (χ0v) is 11.0. The van der Waals surface area contributed by atoms with E-state index in [1.165, 1.54) is 0 Å². The number of aliphatic hydroxyl groups is 1. The number of aryl methyl sites for hydroxylation is 1. The second-order valence-corrected chi connectivity index (χ2v) is 5.05. The fraction of sp³-hybridized carbons (Fsp3) is 0.400. The lowest BCUT2D eigenvalue weighted by Gasteiger charge is -2.34. The van der Waals surface area contributed by atoms with Crippen LogP contribution in [0.2, 0.25) is 0 Å². The van der Waals surface area contributed by atoms with Crippen LogP contribution >= 0.6 is 0 Å². The van der Waals surface area contributed by atoms with Gasteiger partial charge in [-0.05, 0) is 37.1 Å². The largest absolute Gasteiger partial charge is 0.496 e. The molecule has 1 N–H and O–H groups in total. The molecule has 2 atom stereocenters. The van der Waals surface area contributed by atoms with Crippen LogP contribution in [-0.4, -0.2) is 30.2 Å². The molecule has 0 aromatic heterocycles. The van der Waals surface area contributed by atoms with Gasteiger partial charge in [0.15, 0.2) is 11.9 Å². The van der Waals surface area contributed by atoms with Gasteiger partial charge in [0.25, 0.3) is 0 Å². The van der Waals surface area contributed by atoms with Gasteiger partial charge in [-0.2, -0.15) is 0 Å². The summed E-state index contributed by atoms with van der Waals surface area (Å²) in [5.74, 6) is 1.40. The molecule has 0 amide bonds. The maximum atomic E-state index is 12.0. The van der Waals surface area contributed by atoms with Gasteiger partial charge in [0.2, 0.25) is 0 Å². The van der Waals surface area contributed by atoms with Crippen LogP contribution in [0.25, 0.3) is 6.08 Å². The molecule has 1 heterocycles. The number of ether oxygens (including phenoxy) is 2. The molecule has 0 spiro atoms. The lowest BCUT2D eigenvalue weighted by molar-refractivity contribution is -0.120. The number of methoxy groups -OCH3 is 1. The highest BCUT2D eigenvalue weighted by Gasteiger charge is 2.37. The highest BCUT2D eigenvalue weighted by molar-refractivity contribution is 6.02. The molecule has 4 nitrogen and oxygen atoms in total. The van der Waals surface area contributed by atoms with Crippen LogP contribution in [0, 0.1) is 6.92 Å². The van der Waals surface area contributed by atoms with Gasteiger partial charge in [0.1, 0.15) is 11.5 Å². The number of carbonyl (C=O) groups is 1. The summed E-state index contributed by atoms with van der Waals surface area (Å²) < 4.78 is 11.2. The van der Waals surface area contributed by atoms with E-state index in [-0.39, 0.29) is 5.78 Å².